The predicted octanol–water partition coefficient (Wildman–Crippen LogP) is 3.26. The first-order valence-electron chi connectivity index (χ1n) is 5.03. The van der Waals surface area contributed by atoms with Crippen molar-refractivity contribution < 1.29 is 4.79 Å². The van der Waals surface area contributed by atoms with Crippen molar-refractivity contribution in [3.05, 3.63) is 51.5 Å². The molecule has 3 nitrogen and oxygen atoms in total. The van der Waals surface area contributed by atoms with Gasteiger partial charge in [-0.25, -0.2) is 4.98 Å². The first-order chi connectivity index (χ1) is 8.09. The molecule has 0 aliphatic carbocycles. The Kier molecular flexibility index (Phi) is 3.64. The van der Waals surface area contributed by atoms with Crippen LogP contribution in [0.15, 0.2) is 35.1 Å². The molecular formula is C12H10BrClN2O. The normalized spacial score (nSPS) is 10.5. The molecule has 0 saturated carbocycles. The molecule has 1 aromatic carbocycles. The van der Waals surface area contributed by atoms with Crippen LogP contribution in [0.5, 0.6) is 0 Å². The number of hydrogen-bond donors (Lipinski definition) is 0. The number of aromatic nitrogens is 2. The van der Waals surface area contributed by atoms with Gasteiger partial charge in [-0.1, -0.05) is 17.7 Å². The highest BCUT2D eigenvalue weighted by molar-refractivity contribution is 9.10. The lowest BCUT2D eigenvalue weighted by molar-refractivity contribution is 0.0990. The summed E-state index contributed by atoms with van der Waals surface area (Å²) in [5, 5.41) is 0.451. The lowest BCUT2D eigenvalue weighted by Crippen LogP contribution is -2.08. The molecule has 0 atom stereocenters. The van der Waals surface area contributed by atoms with Gasteiger partial charge in [0.25, 0.3) is 0 Å². The molecule has 0 bridgehead atoms. The molecule has 88 valence electrons. The maximum atomic E-state index is 12.1. The second-order valence-corrected chi connectivity index (χ2v) is 4.89. The molecule has 17 heavy (non-hydrogen) atoms. The third kappa shape index (κ3) is 2.58. The molecular weight excluding hydrogens is 304 g/mol. The molecule has 5 heteroatoms. The molecule has 0 unspecified atom stereocenters. The lowest BCUT2D eigenvalue weighted by Gasteiger charge is -2.05. The van der Waals surface area contributed by atoms with Gasteiger partial charge in [0.1, 0.15) is 5.82 Å². The van der Waals surface area contributed by atoms with Crippen LogP contribution in [0.25, 0.3) is 0 Å². The maximum absolute atomic E-state index is 12.1. The van der Waals surface area contributed by atoms with Crippen molar-refractivity contribution in [3.63, 3.8) is 0 Å². The van der Waals surface area contributed by atoms with Gasteiger partial charge < -0.3 is 4.57 Å². The number of nitrogens with zero attached hydrogens (tertiary/aromatic N) is 2. The van der Waals surface area contributed by atoms with Crippen LogP contribution in [0.4, 0.5) is 0 Å². The van der Waals surface area contributed by atoms with Crippen LogP contribution < -0.4 is 0 Å². The molecule has 0 saturated heterocycles. The average Bonchev–Trinajstić information content (AvgIpc) is 2.68. The number of imidazole rings is 1. The summed E-state index contributed by atoms with van der Waals surface area (Å²) in [5.41, 5.74) is 0.518. The minimum absolute atomic E-state index is 0.0365. The average molecular weight is 314 g/mol. The zero-order chi connectivity index (χ0) is 12.4. The second-order valence-electron chi connectivity index (χ2n) is 3.66. The van der Waals surface area contributed by atoms with Gasteiger partial charge in [0.2, 0.25) is 0 Å². The highest BCUT2D eigenvalue weighted by Gasteiger charge is 2.14. The van der Waals surface area contributed by atoms with E-state index in [0.29, 0.717) is 10.6 Å². The van der Waals surface area contributed by atoms with Crippen molar-refractivity contribution in [2.75, 3.05) is 0 Å². The van der Waals surface area contributed by atoms with Crippen molar-refractivity contribution in [3.8, 4) is 0 Å². The minimum Gasteiger partial charge on any atom is -0.338 e. The lowest BCUT2D eigenvalue weighted by atomic mass is 10.1. The number of rotatable bonds is 3. The van der Waals surface area contributed by atoms with Crippen molar-refractivity contribution in [1.82, 2.24) is 9.55 Å². The molecule has 0 fully saturated rings. The maximum Gasteiger partial charge on any atom is 0.171 e. The molecule has 1 heterocycles. The third-order valence-corrected chi connectivity index (χ3v) is 3.79. The summed E-state index contributed by atoms with van der Waals surface area (Å²) in [6.07, 6.45) is 3.73. The number of ketones is 1. The van der Waals surface area contributed by atoms with Gasteiger partial charge in [-0.3, -0.25) is 4.79 Å². The first-order valence-corrected chi connectivity index (χ1v) is 6.20. The van der Waals surface area contributed by atoms with E-state index >= 15 is 0 Å². The number of benzene rings is 1. The van der Waals surface area contributed by atoms with E-state index < -0.39 is 0 Å². The van der Waals surface area contributed by atoms with Crippen LogP contribution in [-0.2, 0) is 13.5 Å². The van der Waals surface area contributed by atoms with Crippen LogP contribution in [0.2, 0.25) is 5.02 Å². The molecule has 0 spiro atoms. The SMILES string of the molecule is Cn1ccnc1CC(=O)c1cccc(Br)c1Cl. The van der Waals surface area contributed by atoms with E-state index in [9.17, 15) is 4.79 Å². The van der Waals surface area contributed by atoms with Gasteiger partial charge in [-0.15, -0.1) is 0 Å². The monoisotopic (exact) mass is 312 g/mol. The minimum atomic E-state index is -0.0365. The third-order valence-electron chi connectivity index (χ3n) is 2.49. The van der Waals surface area contributed by atoms with Crippen molar-refractivity contribution in [1.29, 1.82) is 0 Å². The summed E-state index contributed by atoms with van der Waals surface area (Å²) in [7, 11) is 1.86. The first kappa shape index (κ1) is 12.3. The summed E-state index contributed by atoms with van der Waals surface area (Å²) in [4.78, 5) is 16.2. The number of aryl methyl sites for hydroxylation is 1. The zero-order valence-corrected chi connectivity index (χ0v) is 11.5. The van der Waals surface area contributed by atoms with Crippen LogP contribution in [0.3, 0.4) is 0 Å². The number of carbonyl (C=O) groups excluding carboxylic acids is 1. The van der Waals surface area contributed by atoms with Crippen LogP contribution in [0.1, 0.15) is 16.2 Å². The smallest absolute Gasteiger partial charge is 0.171 e. The highest BCUT2D eigenvalue weighted by Crippen LogP contribution is 2.26. The van der Waals surface area contributed by atoms with E-state index in [1.807, 2.05) is 17.8 Å². The number of hydrogen-bond acceptors (Lipinski definition) is 2. The van der Waals surface area contributed by atoms with Crippen LogP contribution in [-0.4, -0.2) is 15.3 Å². The Bertz CT molecular complexity index is 565. The Morgan fingerprint density at radius 3 is 2.94 bits per heavy atom. The van der Waals surface area contributed by atoms with E-state index in [1.54, 1.807) is 24.4 Å². The van der Waals surface area contributed by atoms with E-state index in [0.717, 1.165) is 10.3 Å². The van der Waals surface area contributed by atoms with E-state index in [2.05, 4.69) is 20.9 Å². The van der Waals surface area contributed by atoms with Crippen LogP contribution >= 0.6 is 27.5 Å². The summed E-state index contributed by atoms with van der Waals surface area (Å²) in [5.74, 6) is 0.691. The van der Waals surface area contributed by atoms with Gasteiger partial charge in [-0.2, -0.15) is 0 Å². The summed E-state index contributed by atoms with van der Waals surface area (Å²) >= 11 is 9.37. The fourth-order valence-electron chi connectivity index (χ4n) is 1.52. The van der Waals surface area contributed by atoms with Gasteiger partial charge in [0, 0.05) is 29.5 Å². The standard InChI is InChI=1S/C12H10BrClN2O/c1-16-6-5-15-11(16)7-10(17)8-3-2-4-9(13)12(8)14/h2-6H,7H2,1H3. The topological polar surface area (TPSA) is 34.9 Å². The van der Waals surface area contributed by atoms with Crippen molar-refractivity contribution in [2.45, 2.75) is 6.42 Å². The zero-order valence-electron chi connectivity index (χ0n) is 9.15. The molecule has 2 rings (SSSR count). The Labute approximate surface area is 113 Å². The second kappa shape index (κ2) is 5.02. The predicted molar refractivity (Wildman–Crippen MR) is 70.4 cm³/mol. The quantitative estimate of drug-likeness (QED) is 0.815. The molecule has 0 aliphatic rings. The number of halogens is 2. The van der Waals surface area contributed by atoms with Gasteiger partial charge in [0.15, 0.2) is 5.78 Å². The Morgan fingerprint density at radius 2 is 2.29 bits per heavy atom. The van der Waals surface area contributed by atoms with Crippen LogP contribution in [0, 0.1) is 0 Å². The Morgan fingerprint density at radius 1 is 1.53 bits per heavy atom. The Hall–Kier alpha value is -1.13. The van der Waals surface area contributed by atoms with Gasteiger partial charge in [-0.05, 0) is 28.1 Å². The van der Waals surface area contributed by atoms with E-state index in [-0.39, 0.29) is 12.2 Å². The fraction of sp³-hybridized carbons (Fsp3) is 0.167. The number of Topliss-reactive ketones (excluding diaryl/α,β-unsaturated/α-hetero) is 1. The summed E-state index contributed by atoms with van der Waals surface area (Å²) < 4.78 is 2.55. The highest BCUT2D eigenvalue weighted by atomic mass is 79.9. The molecule has 0 N–H and O–H groups in total. The fourth-order valence-corrected chi connectivity index (χ4v) is 2.12. The van der Waals surface area contributed by atoms with Crippen molar-refractivity contribution in [2.24, 2.45) is 7.05 Å². The molecule has 0 aliphatic heterocycles. The molecule has 0 amide bonds. The summed E-state index contributed by atoms with van der Waals surface area (Å²) in [6, 6.07) is 5.32. The van der Waals surface area contributed by atoms with E-state index in [4.69, 9.17) is 11.6 Å². The van der Waals surface area contributed by atoms with Gasteiger partial charge in [0.05, 0.1) is 11.4 Å². The number of carbonyl (C=O) groups is 1. The van der Waals surface area contributed by atoms with Crippen molar-refractivity contribution >= 4 is 33.3 Å². The van der Waals surface area contributed by atoms with E-state index in [1.165, 1.54) is 0 Å². The summed E-state index contributed by atoms with van der Waals surface area (Å²) in [6.45, 7) is 0. The Balaban J connectivity index is 2.27. The molecule has 0 radical (unpaired) electrons. The van der Waals surface area contributed by atoms with Gasteiger partial charge >= 0.3 is 0 Å². The molecule has 2 aromatic rings. The largest absolute Gasteiger partial charge is 0.338 e. The molecule has 1 aromatic heterocycles.